The van der Waals surface area contributed by atoms with Crippen molar-refractivity contribution in [2.45, 2.75) is 6.42 Å². The van der Waals surface area contributed by atoms with Gasteiger partial charge in [-0.15, -0.1) is 0 Å². The van der Waals surface area contributed by atoms with Crippen molar-refractivity contribution in [3.8, 4) is 5.75 Å². The summed E-state index contributed by atoms with van der Waals surface area (Å²) in [4.78, 5) is 16.7. The van der Waals surface area contributed by atoms with E-state index >= 15 is 0 Å². The van der Waals surface area contributed by atoms with Gasteiger partial charge in [0.15, 0.2) is 0 Å². The highest BCUT2D eigenvalue weighted by Crippen LogP contribution is 2.22. The molecule has 0 radical (unpaired) electrons. The molecule has 3 rings (SSSR count). The van der Waals surface area contributed by atoms with Crippen LogP contribution in [-0.4, -0.2) is 55.0 Å². The van der Waals surface area contributed by atoms with Crippen LogP contribution in [0.5, 0.6) is 5.75 Å². The first-order valence-electron chi connectivity index (χ1n) is 8.84. The van der Waals surface area contributed by atoms with Gasteiger partial charge in [-0.05, 0) is 29.8 Å². The smallest absolute Gasteiger partial charge is 0.227 e. The summed E-state index contributed by atoms with van der Waals surface area (Å²) in [6.07, 6.45) is 0.426. The predicted octanol–water partition coefficient (Wildman–Crippen LogP) is 2.69. The summed E-state index contributed by atoms with van der Waals surface area (Å²) in [6, 6.07) is 15.0. The molecule has 1 aliphatic heterocycles. The zero-order valence-electron chi connectivity index (χ0n) is 14.7. The van der Waals surface area contributed by atoms with Crippen molar-refractivity contribution in [3.63, 3.8) is 0 Å². The monoisotopic (exact) mass is 373 g/mol. The average molecular weight is 374 g/mol. The second kappa shape index (κ2) is 8.92. The summed E-state index contributed by atoms with van der Waals surface area (Å²) in [5.41, 5.74) is 7.40. The number of nitrogens with zero attached hydrogens (tertiary/aromatic N) is 2. The molecule has 6 heteroatoms. The lowest BCUT2D eigenvalue weighted by molar-refractivity contribution is -0.132. The molecular weight excluding hydrogens is 350 g/mol. The van der Waals surface area contributed by atoms with Crippen LogP contribution in [0.25, 0.3) is 0 Å². The molecule has 0 atom stereocenters. The number of carbonyl (C=O) groups excluding carboxylic acids is 1. The molecule has 1 heterocycles. The lowest BCUT2D eigenvalue weighted by atomic mass is 10.1. The molecule has 2 N–H and O–H groups in total. The van der Waals surface area contributed by atoms with E-state index in [-0.39, 0.29) is 5.91 Å². The van der Waals surface area contributed by atoms with Gasteiger partial charge in [-0.3, -0.25) is 9.69 Å². The highest BCUT2D eigenvalue weighted by atomic mass is 35.5. The predicted molar refractivity (Wildman–Crippen MR) is 105 cm³/mol. The minimum absolute atomic E-state index is 0.168. The van der Waals surface area contributed by atoms with Crippen LogP contribution < -0.4 is 10.5 Å². The van der Waals surface area contributed by atoms with E-state index in [1.165, 1.54) is 0 Å². The molecule has 2 aromatic rings. The number of nitrogen functional groups attached to an aromatic ring is 1. The van der Waals surface area contributed by atoms with Gasteiger partial charge in [0.2, 0.25) is 5.91 Å². The SMILES string of the molecule is Nc1ccc(CC(=O)N2CCN(CCOc3ccccc3Cl)CC2)cc1. The highest BCUT2D eigenvalue weighted by Gasteiger charge is 2.21. The van der Waals surface area contributed by atoms with E-state index in [9.17, 15) is 4.79 Å². The standard InChI is InChI=1S/C20H24ClN3O2/c21-18-3-1-2-4-19(18)26-14-13-23-9-11-24(12-10-23)20(25)15-16-5-7-17(22)8-6-16/h1-8H,9-15,22H2. The van der Waals surface area contributed by atoms with Gasteiger partial charge < -0.3 is 15.4 Å². The Kier molecular flexibility index (Phi) is 6.36. The normalized spacial score (nSPS) is 15.0. The maximum absolute atomic E-state index is 12.4. The Bertz CT molecular complexity index is 728. The van der Waals surface area contributed by atoms with Gasteiger partial charge in [0.1, 0.15) is 12.4 Å². The number of anilines is 1. The molecule has 0 saturated carbocycles. The Hall–Kier alpha value is -2.24. The van der Waals surface area contributed by atoms with Crippen molar-refractivity contribution in [2.75, 3.05) is 45.1 Å². The van der Waals surface area contributed by atoms with Crippen molar-refractivity contribution in [2.24, 2.45) is 0 Å². The molecule has 1 saturated heterocycles. The number of ether oxygens (including phenoxy) is 1. The summed E-state index contributed by atoms with van der Waals surface area (Å²) in [5.74, 6) is 0.883. The minimum Gasteiger partial charge on any atom is -0.491 e. The van der Waals surface area contributed by atoms with Crippen LogP contribution in [0.4, 0.5) is 5.69 Å². The average Bonchev–Trinajstić information content (AvgIpc) is 2.66. The molecular formula is C20H24ClN3O2. The number of nitrogens with two attached hydrogens (primary N) is 1. The fourth-order valence-corrected chi connectivity index (χ4v) is 3.18. The molecule has 1 aliphatic rings. The van der Waals surface area contributed by atoms with E-state index in [4.69, 9.17) is 22.1 Å². The first-order valence-corrected chi connectivity index (χ1v) is 9.21. The number of halogens is 1. The molecule has 2 aromatic carbocycles. The van der Waals surface area contributed by atoms with Gasteiger partial charge >= 0.3 is 0 Å². The lowest BCUT2D eigenvalue weighted by Crippen LogP contribution is -2.49. The Morgan fingerprint density at radius 3 is 2.42 bits per heavy atom. The number of amides is 1. The second-order valence-corrected chi connectivity index (χ2v) is 6.83. The summed E-state index contributed by atoms with van der Waals surface area (Å²) in [7, 11) is 0. The first kappa shape index (κ1) is 18.5. The number of rotatable bonds is 6. The molecule has 26 heavy (non-hydrogen) atoms. The Balaban J connectivity index is 1.39. The fraction of sp³-hybridized carbons (Fsp3) is 0.350. The highest BCUT2D eigenvalue weighted by molar-refractivity contribution is 6.32. The van der Waals surface area contributed by atoms with Crippen LogP contribution in [0.1, 0.15) is 5.56 Å². The van der Waals surface area contributed by atoms with Gasteiger partial charge in [-0.1, -0.05) is 35.9 Å². The van der Waals surface area contributed by atoms with Crippen molar-refractivity contribution in [1.82, 2.24) is 9.80 Å². The van der Waals surface area contributed by atoms with Gasteiger partial charge in [-0.25, -0.2) is 0 Å². The third-order valence-electron chi connectivity index (χ3n) is 4.56. The molecule has 5 nitrogen and oxygen atoms in total. The molecule has 138 valence electrons. The number of carbonyl (C=O) groups is 1. The maximum atomic E-state index is 12.4. The molecule has 0 bridgehead atoms. The summed E-state index contributed by atoms with van der Waals surface area (Å²) in [5, 5.41) is 0.630. The Morgan fingerprint density at radius 2 is 1.73 bits per heavy atom. The fourth-order valence-electron chi connectivity index (χ4n) is 2.99. The van der Waals surface area contributed by atoms with Crippen LogP contribution in [0.3, 0.4) is 0 Å². The van der Waals surface area contributed by atoms with Crippen molar-refractivity contribution in [1.29, 1.82) is 0 Å². The molecule has 0 aliphatic carbocycles. The largest absolute Gasteiger partial charge is 0.491 e. The van der Waals surface area contributed by atoms with Gasteiger partial charge in [0.05, 0.1) is 11.4 Å². The zero-order chi connectivity index (χ0) is 18.4. The van der Waals surface area contributed by atoms with Gasteiger partial charge in [0, 0.05) is 38.4 Å². The number of para-hydroxylation sites is 1. The van der Waals surface area contributed by atoms with E-state index in [1.807, 2.05) is 53.4 Å². The molecule has 0 spiro atoms. The van der Waals surface area contributed by atoms with Crippen LogP contribution in [0.15, 0.2) is 48.5 Å². The quantitative estimate of drug-likeness (QED) is 0.791. The summed E-state index contributed by atoms with van der Waals surface area (Å²) >= 11 is 6.09. The Labute approximate surface area is 159 Å². The molecule has 0 aromatic heterocycles. The van der Waals surface area contributed by atoms with Crippen LogP contribution in [-0.2, 0) is 11.2 Å². The number of piperazine rings is 1. The van der Waals surface area contributed by atoms with E-state index in [1.54, 1.807) is 0 Å². The topological polar surface area (TPSA) is 58.8 Å². The van der Waals surface area contributed by atoms with Crippen LogP contribution in [0.2, 0.25) is 5.02 Å². The van der Waals surface area contributed by atoms with Crippen molar-refractivity contribution < 1.29 is 9.53 Å². The molecule has 0 unspecified atom stereocenters. The first-order chi connectivity index (χ1) is 12.6. The summed E-state index contributed by atoms with van der Waals surface area (Å²) < 4.78 is 5.74. The minimum atomic E-state index is 0.168. The van der Waals surface area contributed by atoms with E-state index < -0.39 is 0 Å². The van der Waals surface area contributed by atoms with Gasteiger partial charge in [0.25, 0.3) is 0 Å². The molecule has 1 amide bonds. The molecule has 1 fully saturated rings. The zero-order valence-corrected chi connectivity index (χ0v) is 15.5. The Morgan fingerprint density at radius 1 is 1.04 bits per heavy atom. The van der Waals surface area contributed by atoms with E-state index in [0.29, 0.717) is 29.5 Å². The number of benzene rings is 2. The van der Waals surface area contributed by atoms with Crippen molar-refractivity contribution >= 4 is 23.2 Å². The van der Waals surface area contributed by atoms with Crippen LogP contribution >= 0.6 is 11.6 Å². The third-order valence-corrected chi connectivity index (χ3v) is 4.87. The number of hydrogen-bond acceptors (Lipinski definition) is 4. The van der Waals surface area contributed by atoms with Gasteiger partial charge in [-0.2, -0.15) is 0 Å². The summed E-state index contributed by atoms with van der Waals surface area (Å²) in [6.45, 7) is 4.63. The van der Waals surface area contributed by atoms with Crippen molar-refractivity contribution in [3.05, 3.63) is 59.1 Å². The van der Waals surface area contributed by atoms with Crippen LogP contribution in [0, 0.1) is 0 Å². The van der Waals surface area contributed by atoms with E-state index in [0.717, 1.165) is 38.3 Å². The lowest BCUT2D eigenvalue weighted by Gasteiger charge is -2.34. The second-order valence-electron chi connectivity index (χ2n) is 6.42. The number of hydrogen-bond donors (Lipinski definition) is 1. The third kappa shape index (κ3) is 5.13. The maximum Gasteiger partial charge on any atom is 0.227 e. The van der Waals surface area contributed by atoms with E-state index in [2.05, 4.69) is 4.90 Å².